The summed E-state index contributed by atoms with van der Waals surface area (Å²) >= 11 is 3.45. The van der Waals surface area contributed by atoms with Crippen LogP contribution in [0, 0.1) is 11.6 Å². The van der Waals surface area contributed by atoms with E-state index in [-0.39, 0.29) is 10.7 Å². The van der Waals surface area contributed by atoms with Gasteiger partial charge in [0.1, 0.15) is 0 Å². The van der Waals surface area contributed by atoms with Gasteiger partial charge < -0.3 is 0 Å². The Balaban J connectivity index is 2.64. The van der Waals surface area contributed by atoms with E-state index in [2.05, 4.69) is 15.9 Å². The molecule has 0 bridgehead atoms. The van der Waals surface area contributed by atoms with E-state index < -0.39 is 11.6 Å². The first-order valence-corrected chi connectivity index (χ1v) is 5.14. The molecule has 70 valence electrons. The molecule has 1 aromatic carbocycles. The van der Waals surface area contributed by atoms with Crippen LogP contribution < -0.4 is 0 Å². The van der Waals surface area contributed by atoms with Crippen LogP contribution in [-0.4, -0.2) is 0 Å². The number of alkyl halides is 1. The van der Waals surface area contributed by atoms with Crippen molar-refractivity contribution in [3.8, 4) is 0 Å². The fourth-order valence-electron chi connectivity index (χ4n) is 1.91. The molecule has 2 atom stereocenters. The first-order chi connectivity index (χ1) is 6.11. The van der Waals surface area contributed by atoms with Gasteiger partial charge in [-0.2, -0.15) is 0 Å². The van der Waals surface area contributed by atoms with Crippen molar-refractivity contribution in [3.63, 3.8) is 0 Å². The lowest BCUT2D eigenvalue weighted by Crippen LogP contribution is -1.95. The van der Waals surface area contributed by atoms with Gasteiger partial charge in [0.25, 0.3) is 0 Å². The van der Waals surface area contributed by atoms with Crippen molar-refractivity contribution >= 4 is 15.9 Å². The molecule has 0 N–H and O–H groups in total. The Bertz CT molecular complexity index is 349. The van der Waals surface area contributed by atoms with Gasteiger partial charge in [0.2, 0.25) is 0 Å². The topological polar surface area (TPSA) is 0 Å². The summed E-state index contributed by atoms with van der Waals surface area (Å²) < 4.78 is 26.2. The summed E-state index contributed by atoms with van der Waals surface area (Å²) in [5.41, 5.74) is 1.44. The number of rotatable bonds is 0. The van der Waals surface area contributed by atoms with Gasteiger partial charge in [-0.25, -0.2) is 8.78 Å². The zero-order valence-corrected chi connectivity index (χ0v) is 8.74. The molecule has 0 nitrogen and oxygen atoms in total. The normalized spacial score (nSPS) is 26.2. The second kappa shape index (κ2) is 3.05. The van der Waals surface area contributed by atoms with Crippen molar-refractivity contribution in [2.45, 2.75) is 24.1 Å². The van der Waals surface area contributed by atoms with Gasteiger partial charge in [-0.15, -0.1) is 0 Å². The zero-order valence-electron chi connectivity index (χ0n) is 7.15. The van der Waals surface area contributed by atoms with Gasteiger partial charge in [0.15, 0.2) is 11.6 Å². The van der Waals surface area contributed by atoms with E-state index in [9.17, 15) is 8.78 Å². The maximum absolute atomic E-state index is 13.3. The smallest absolute Gasteiger partial charge is 0.162 e. The summed E-state index contributed by atoms with van der Waals surface area (Å²) in [5, 5.41) is 0. The predicted molar refractivity (Wildman–Crippen MR) is 51.1 cm³/mol. The quantitative estimate of drug-likeness (QED) is 0.610. The van der Waals surface area contributed by atoms with Gasteiger partial charge in [0, 0.05) is 4.83 Å². The molecule has 1 aromatic rings. The third-order valence-electron chi connectivity index (χ3n) is 2.56. The van der Waals surface area contributed by atoms with Gasteiger partial charge >= 0.3 is 0 Å². The minimum absolute atomic E-state index is 0.107. The highest BCUT2D eigenvalue weighted by molar-refractivity contribution is 9.09. The third-order valence-corrected chi connectivity index (χ3v) is 3.42. The molecule has 13 heavy (non-hydrogen) atoms. The average molecular weight is 247 g/mol. The van der Waals surface area contributed by atoms with Crippen molar-refractivity contribution in [1.82, 2.24) is 0 Å². The minimum atomic E-state index is -0.743. The van der Waals surface area contributed by atoms with E-state index in [1.165, 1.54) is 6.07 Å². The molecule has 0 spiro atoms. The molecule has 0 fully saturated rings. The first-order valence-electron chi connectivity index (χ1n) is 4.23. The molecule has 2 rings (SSSR count). The van der Waals surface area contributed by atoms with Crippen LogP contribution in [0.1, 0.15) is 35.2 Å². The van der Waals surface area contributed by atoms with E-state index in [1.807, 2.05) is 6.92 Å². The van der Waals surface area contributed by atoms with E-state index in [1.54, 1.807) is 6.07 Å². The van der Waals surface area contributed by atoms with Crippen LogP contribution in [0.25, 0.3) is 0 Å². The van der Waals surface area contributed by atoms with E-state index in [0.29, 0.717) is 5.56 Å². The lowest BCUT2D eigenvalue weighted by molar-refractivity contribution is 0.494. The Morgan fingerprint density at radius 3 is 2.77 bits per heavy atom. The monoisotopic (exact) mass is 246 g/mol. The molecule has 0 heterocycles. The van der Waals surface area contributed by atoms with Crippen LogP contribution in [0.2, 0.25) is 0 Å². The molecular formula is C10H9BrF2. The summed E-state index contributed by atoms with van der Waals surface area (Å²) in [5.74, 6) is -1.31. The molecule has 1 aliphatic rings. The number of fused-ring (bicyclic) bond motifs is 1. The van der Waals surface area contributed by atoms with E-state index in [4.69, 9.17) is 0 Å². The first kappa shape index (κ1) is 9.13. The third kappa shape index (κ3) is 1.30. The SMILES string of the molecule is CC1CC(Br)c2ccc(F)c(F)c21. The summed E-state index contributed by atoms with van der Waals surface area (Å²) in [6.07, 6.45) is 0.843. The van der Waals surface area contributed by atoms with Crippen molar-refractivity contribution < 1.29 is 8.78 Å². The molecule has 0 aliphatic heterocycles. The van der Waals surface area contributed by atoms with Crippen molar-refractivity contribution in [3.05, 3.63) is 34.9 Å². The summed E-state index contributed by atoms with van der Waals surface area (Å²) in [6, 6.07) is 2.86. The van der Waals surface area contributed by atoms with E-state index >= 15 is 0 Å². The predicted octanol–water partition coefficient (Wildman–Crippen LogP) is 3.91. The molecule has 1 aliphatic carbocycles. The summed E-state index contributed by atoms with van der Waals surface area (Å²) in [6.45, 7) is 1.92. The van der Waals surface area contributed by atoms with Crippen LogP contribution in [0.5, 0.6) is 0 Å². The maximum Gasteiger partial charge on any atom is 0.162 e. The van der Waals surface area contributed by atoms with Crippen LogP contribution in [-0.2, 0) is 0 Å². The Labute approximate surface area is 84.1 Å². The number of benzene rings is 1. The second-order valence-electron chi connectivity index (χ2n) is 3.47. The largest absolute Gasteiger partial charge is 0.204 e. The molecule has 2 unspecified atom stereocenters. The molecule has 0 radical (unpaired) electrons. The number of hydrogen-bond donors (Lipinski definition) is 0. The van der Waals surface area contributed by atoms with Crippen molar-refractivity contribution in [1.29, 1.82) is 0 Å². The highest BCUT2D eigenvalue weighted by Crippen LogP contribution is 2.46. The lowest BCUT2D eigenvalue weighted by Gasteiger charge is -2.05. The van der Waals surface area contributed by atoms with Gasteiger partial charge in [-0.1, -0.05) is 28.9 Å². The van der Waals surface area contributed by atoms with Gasteiger partial charge in [0.05, 0.1) is 0 Å². The lowest BCUT2D eigenvalue weighted by atomic mass is 10.0. The molecule has 0 aromatic heterocycles. The Morgan fingerprint density at radius 2 is 2.08 bits per heavy atom. The zero-order chi connectivity index (χ0) is 9.59. The van der Waals surface area contributed by atoms with Crippen LogP contribution >= 0.6 is 15.9 Å². The summed E-state index contributed by atoms with van der Waals surface area (Å²) in [4.78, 5) is 0.174. The second-order valence-corrected chi connectivity index (χ2v) is 4.57. The van der Waals surface area contributed by atoms with Crippen LogP contribution in [0.3, 0.4) is 0 Å². The average Bonchev–Trinajstić information content (AvgIpc) is 2.35. The number of hydrogen-bond acceptors (Lipinski definition) is 0. The van der Waals surface area contributed by atoms with E-state index in [0.717, 1.165) is 12.0 Å². The fraction of sp³-hybridized carbons (Fsp3) is 0.400. The molecule has 0 amide bonds. The van der Waals surface area contributed by atoms with Gasteiger partial charge in [-0.05, 0) is 29.5 Å². The van der Waals surface area contributed by atoms with Crippen molar-refractivity contribution in [2.24, 2.45) is 0 Å². The van der Waals surface area contributed by atoms with Crippen molar-refractivity contribution in [2.75, 3.05) is 0 Å². The Morgan fingerprint density at radius 1 is 1.38 bits per heavy atom. The molecule has 0 saturated carbocycles. The van der Waals surface area contributed by atoms with Crippen LogP contribution in [0.15, 0.2) is 12.1 Å². The van der Waals surface area contributed by atoms with Gasteiger partial charge in [-0.3, -0.25) is 0 Å². The maximum atomic E-state index is 13.3. The Kier molecular flexibility index (Phi) is 2.14. The highest BCUT2D eigenvalue weighted by atomic mass is 79.9. The minimum Gasteiger partial charge on any atom is -0.204 e. The highest BCUT2D eigenvalue weighted by Gasteiger charge is 2.30. The molecule has 3 heteroatoms. The van der Waals surface area contributed by atoms with Crippen LogP contribution in [0.4, 0.5) is 8.78 Å². The number of halogens is 3. The fourth-order valence-corrected chi connectivity index (χ4v) is 2.87. The molecular weight excluding hydrogens is 238 g/mol. The standard InChI is InChI=1S/C10H9BrF2/c1-5-4-7(11)6-2-3-8(12)10(13)9(5)6/h2-3,5,7H,4H2,1H3. The molecule has 0 saturated heterocycles. The summed E-state index contributed by atoms with van der Waals surface area (Å²) in [7, 11) is 0. The Hall–Kier alpha value is -0.440.